The van der Waals surface area contributed by atoms with Gasteiger partial charge in [-0.1, -0.05) is 20.8 Å². The highest BCUT2D eigenvalue weighted by Crippen LogP contribution is 2.30. The van der Waals surface area contributed by atoms with Crippen molar-refractivity contribution < 1.29 is 0 Å². The molecular formula is C17H35N3. The highest BCUT2D eigenvalue weighted by Gasteiger charge is 2.31. The van der Waals surface area contributed by atoms with Crippen LogP contribution in [0.1, 0.15) is 46.5 Å². The predicted octanol–water partition coefficient (Wildman–Crippen LogP) is 2.43. The molecule has 2 aliphatic rings. The Morgan fingerprint density at radius 3 is 2.65 bits per heavy atom. The summed E-state index contributed by atoms with van der Waals surface area (Å²) < 4.78 is 0. The first kappa shape index (κ1) is 16.3. The standard InChI is InChI=1S/C17H35N3/c1-5-16-13-20(10-9-19(16)4)12-15-11-14(3)7-8-17(15)18-6-2/h14-18H,5-13H2,1-4H3. The van der Waals surface area contributed by atoms with Crippen LogP contribution in [0.5, 0.6) is 0 Å². The molecule has 0 amide bonds. The largest absolute Gasteiger partial charge is 0.314 e. The Hall–Kier alpha value is -0.120. The first-order valence-electron chi connectivity index (χ1n) is 8.80. The molecule has 0 bridgehead atoms. The number of piperazine rings is 1. The molecule has 2 rings (SSSR count). The van der Waals surface area contributed by atoms with Gasteiger partial charge in [0.05, 0.1) is 0 Å². The number of nitrogens with one attached hydrogen (secondary N) is 1. The van der Waals surface area contributed by atoms with Crippen molar-refractivity contribution in [3.8, 4) is 0 Å². The number of hydrogen-bond donors (Lipinski definition) is 1. The van der Waals surface area contributed by atoms with Gasteiger partial charge in [0.15, 0.2) is 0 Å². The first-order valence-corrected chi connectivity index (χ1v) is 8.80. The van der Waals surface area contributed by atoms with Crippen LogP contribution >= 0.6 is 0 Å². The van der Waals surface area contributed by atoms with E-state index in [-0.39, 0.29) is 0 Å². The van der Waals surface area contributed by atoms with Crippen molar-refractivity contribution in [2.45, 2.75) is 58.5 Å². The third kappa shape index (κ3) is 4.19. The van der Waals surface area contributed by atoms with Gasteiger partial charge in [0.2, 0.25) is 0 Å². The van der Waals surface area contributed by atoms with Crippen LogP contribution < -0.4 is 5.32 Å². The summed E-state index contributed by atoms with van der Waals surface area (Å²) in [6.07, 6.45) is 5.49. The van der Waals surface area contributed by atoms with Gasteiger partial charge < -0.3 is 15.1 Å². The number of likely N-dealkylation sites (N-methyl/N-ethyl adjacent to an activating group) is 1. The van der Waals surface area contributed by atoms with Crippen molar-refractivity contribution in [2.24, 2.45) is 11.8 Å². The van der Waals surface area contributed by atoms with Crippen LogP contribution in [-0.4, -0.2) is 61.7 Å². The van der Waals surface area contributed by atoms with E-state index >= 15 is 0 Å². The molecule has 2 fully saturated rings. The number of hydrogen-bond acceptors (Lipinski definition) is 3. The fourth-order valence-electron chi connectivity index (χ4n) is 4.18. The lowest BCUT2D eigenvalue weighted by Crippen LogP contribution is -2.54. The molecule has 118 valence electrons. The number of nitrogens with zero attached hydrogens (tertiary/aromatic N) is 2. The molecule has 1 N–H and O–H groups in total. The minimum absolute atomic E-state index is 0.760. The summed E-state index contributed by atoms with van der Waals surface area (Å²) >= 11 is 0. The van der Waals surface area contributed by atoms with E-state index in [1.807, 2.05) is 0 Å². The van der Waals surface area contributed by atoms with Gasteiger partial charge >= 0.3 is 0 Å². The van der Waals surface area contributed by atoms with Gasteiger partial charge in [0, 0.05) is 38.3 Å². The molecule has 3 nitrogen and oxygen atoms in total. The Kier molecular flexibility index (Phi) is 6.31. The van der Waals surface area contributed by atoms with Crippen LogP contribution in [0.3, 0.4) is 0 Å². The van der Waals surface area contributed by atoms with Crippen LogP contribution in [0.2, 0.25) is 0 Å². The van der Waals surface area contributed by atoms with Gasteiger partial charge in [-0.05, 0) is 51.1 Å². The van der Waals surface area contributed by atoms with Crippen LogP contribution in [0.4, 0.5) is 0 Å². The Morgan fingerprint density at radius 2 is 1.95 bits per heavy atom. The Bertz CT molecular complexity index is 281. The number of rotatable bonds is 5. The second-order valence-corrected chi connectivity index (χ2v) is 7.14. The molecular weight excluding hydrogens is 246 g/mol. The zero-order chi connectivity index (χ0) is 14.5. The van der Waals surface area contributed by atoms with Gasteiger partial charge in [0.25, 0.3) is 0 Å². The summed E-state index contributed by atoms with van der Waals surface area (Å²) in [6, 6.07) is 1.53. The molecule has 3 heteroatoms. The summed E-state index contributed by atoms with van der Waals surface area (Å²) in [5.74, 6) is 1.78. The van der Waals surface area contributed by atoms with Crippen molar-refractivity contribution in [1.82, 2.24) is 15.1 Å². The van der Waals surface area contributed by atoms with Crippen LogP contribution in [0, 0.1) is 11.8 Å². The second-order valence-electron chi connectivity index (χ2n) is 7.14. The quantitative estimate of drug-likeness (QED) is 0.835. The smallest absolute Gasteiger partial charge is 0.0218 e. The summed E-state index contributed by atoms with van der Waals surface area (Å²) in [5.41, 5.74) is 0. The topological polar surface area (TPSA) is 18.5 Å². The fourth-order valence-corrected chi connectivity index (χ4v) is 4.18. The fraction of sp³-hybridized carbons (Fsp3) is 1.00. The van der Waals surface area contributed by atoms with Gasteiger partial charge in [-0.3, -0.25) is 0 Å². The maximum Gasteiger partial charge on any atom is 0.0218 e. The van der Waals surface area contributed by atoms with E-state index in [1.54, 1.807) is 0 Å². The minimum atomic E-state index is 0.760. The molecule has 1 saturated heterocycles. The van der Waals surface area contributed by atoms with Crippen molar-refractivity contribution in [3.05, 3.63) is 0 Å². The van der Waals surface area contributed by atoms with E-state index in [0.29, 0.717) is 0 Å². The van der Waals surface area contributed by atoms with E-state index in [4.69, 9.17) is 0 Å². The molecule has 0 aromatic heterocycles. The molecule has 4 atom stereocenters. The molecule has 1 heterocycles. The van der Waals surface area contributed by atoms with E-state index < -0.39 is 0 Å². The lowest BCUT2D eigenvalue weighted by Gasteiger charge is -2.43. The predicted molar refractivity (Wildman–Crippen MR) is 87.1 cm³/mol. The molecule has 1 aliphatic carbocycles. The van der Waals surface area contributed by atoms with Gasteiger partial charge in [-0.15, -0.1) is 0 Å². The molecule has 1 aliphatic heterocycles. The van der Waals surface area contributed by atoms with E-state index in [1.165, 1.54) is 51.9 Å². The lowest BCUT2D eigenvalue weighted by atomic mass is 9.78. The molecule has 0 radical (unpaired) electrons. The van der Waals surface area contributed by atoms with Crippen LogP contribution in [0.15, 0.2) is 0 Å². The molecule has 0 spiro atoms. The monoisotopic (exact) mass is 281 g/mol. The van der Waals surface area contributed by atoms with E-state index in [9.17, 15) is 0 Å². The molecule has 1 saturated carbocycles. The van der Waals surface area contributed by atoms with Crippen molar-refractivity contribution in [1.29, 1.82) is 0 Å². The maximum absolute atomic E-state index is 3.74. The Morgan fingerprint density at radius 1 is 1.15 bits per heavy atom. The summed E-state index contributed by atoms with van der Waals surface area (Å²) in [4.78, 5) is 5.28. The third-order valence-corrected chi connectivity index (χ3v) is 5.54. The van der Waals surface area contributed by atoms with Crippen LogP contribution in [-0.2, 0) is 0 Å². The maximum atomic E-state index is 3.74. The minimum Gasteiger partial charge on any atom is -0.314 e. The zero-order valence-electron chi connectivity index (χ0n) is 14.1. The first-order chi connectivity index (χ1) is 9.63. The SMILES string of the molecule is CCNC1CCC(C)CC1CN1CCN(C)C(CC)C1. The second kappa shape index (κ2) is 7.77. The summed E-state index contributed by atoms with van der Waals surface area (Å²) in [7, 11) is 2.29. The molecule has 4 unspecified atom stereocenters. The Labute approximate surface area is 126 Å². The van der Waals surface area contributed by atoms with Gasteiger partial charge in [0.1, 0.15) is 0 Å². The van der Waals surface area contributed by atoms with E-state index in [0.717, 1.165) is 30.5 Å². The van der Waals surface area contributed by atoms with Crippen LogP contribution in [0.25, 0.3) is 0 Å². The Balaban J connectivity index is 1.89. The summed E-state index contributed by atoms with van der Waals surface area (Å²) in [6.45, 7) is 13.2. The molecule has 0 aromatic rings. The van der Waals surface area contributed by atoms with Gasteiger partial charge in [-0.2, -0.15) is 0 Å². The van der Waals surface area contributed by atoms with E-state index in [2.05, 4.69) is 42.9 Å². The van der Waals surface area contributed by atoms with Crippen molar-refractivity contribution in [3.63, 3.8) is 0 Å². The average Bonchev–Trinajstić information content (AvgIpc) is 2.44. The molecule has 20 heavy (non-hydrogen) atoms. The molecule has 0 aromatic carbocycles. The summed E-state index contributed by atoms with van der Waals surface area (Å²) in [5, 5.41) is 3.74. The van der Waals surface area contributed by atoms with Crippen molar-refractivity contribution >= 4 is 0 Å². The van der Waals surface area contributed by atoms with Gasteiger partial charge in [-0.25, -0.2) is 0 Å². The normalized spacial score (nSPS) is 37.2. The zero-order valence-corrected chi connectivity index (χ0v) is 14.1. The highest BCUT2D eigenvalue weighted by atomic mass is 15.3. The van der Waals surface area contributed by atoms with Crippen molar-refractivity contribution in [2.75, 3.05) is 39.8 Å². The third-order valence-electron chi connectivity index (χ3n) is 5.54. The average molecular weight is 281 g/mol. The highest BCUT2D eigenvalue weighted by molar-refractivity contribution is 4.88. The lowest BCUT2D eigenvalue weighted by molar-refractivity contribution is 0.0640.